The number of likely N-dealkylation sites (tertiary alicyclic amines) is 1. The predicted molar refractivity (Wildman–Crippen MR) is 111 cm³/mol. The fourth-order valence-electron chi connectivity index (χ4n) is 3.45. The summed E-state index contributed by atoms with van der Waals surface area (Å²) in [6.45, 7) is 11.1. The zero-order valence-corrected chi connectivity index (χ0v) is 17.6. The van der Waals surface area contributed by atoms with Crippen LogP contribution < -0.4 is 5.32 Å². The van der Waals surface area contributed by atoms with Crippen molar-refractivity contribution in [3.8, 4) is 0 Å². The van der Waals surface area contributed by atoms with Gasteiger partial charge in [0.05, 0.1) is 6.54 Å². The van der Waals surface area contributed by atoms with Crippen LogP contribution in [0.15, 0.2) is 23.5 Å². The van der Waals surface area contributed by atoms with Gasteiger partial charge in [0.15, 0.2) is 5.96 Å². The molecule has 1 aromatic rings. The lowest BCUT2D eigenvalue weighted by Crippen LogP contribution is -2.43. The minimum Gasteiger partial charge on any atom is -0.357 e. The summed E-state index contributed by atoms with van der Waals surface area (Å²) in [4.78, 5) is 9.78. The Morgan fingerprint density at radius 2 is 2.12 bits per heavy atom. The number of guanidine groups is 1. The largest absolute Gasteiger partial charge is 0.357 e. The van der Waals surface area contributed by atoms with E-state index in [1.54, 1.807) is 6.33 Å². The molecule has 3 rings (SSSR count). The summed E-state index contributed by atoms with van der Waals surface area (Å²) in [7, 11) is 0. The molecule has 0 saturated carbocycles. The molecule has 1 N–H and O–H groups in total. The third-order valence-electron chi connectivity index (χ3n) is 4.78. The first kappa shape index (κ1) is 20.2. The second-order valence-corrected chi connectivity index (χ2v) is 6.34. The van der Waals surface area contributed by atoms with Crippen LogP contribution in [0.1, 0.15) is 26.1 Å². The molecule has 0 amide bonds. The van der Waals surface area contributed by atoms with Crippen molar-refractivity contribution in [2.75, 3.05) is 39.3 Å². The second kappa shape index (κ2) is 10.1. The van der Waals surface area contributed by atoms with Gasteiger partial charge in [-0.1, -0.05) is 19.1 Å². The van der Waals surface area contributed by atoms with Gasteiger partial charge in [-0.3, -0.25) is 9.89 Å². The first-order valence-electron chi connectivity index (χ1n) is 9.10. The third kappa shape index (κ3) is 5.16. The van der Waals surface area contributed by atoms with Gasteiger partial charge in [-0.05, 0) is 13.3 Å². The van der Waals surface area contributed by atoms with Crippen LogP contribution in [0, 0.1) is 0 Å². The van der Waals surface area contributed by atoms with Crippen molar-refractivity contribution < 1.29 is 0 Å². The molecular formula is C17H30IN7. The first-order valence-corrected chi connectivity index (χ1v) is 9.10. The van der Waals surface area contributed by atoms with Crippen molar-refractivity contribution in [1.82, 2.24) is 29.9 Å². The number of hydrogen-bond acceptors (Lipinski definition) is 4. The quantitative estimate of drug-likeness (QED) is 0.302. The number of aliphatic imine (C=N–C) groups is 1. The molecule has 25 heavy (non-hydrogen) atoms. The maximum atomic E-state index is 4.83. The normalized spacial score (nSPS) is 21.0. The zero-order chi connectivity index (χ0) is 16.8. The molecule has 0 radical (unpaired) electrons. The Labute approximate surface area is 167 Å². The number of nitrogens with zero attached hydrogens (tertiary/aromatic N) is 6. The molecule has 3 heterocycles. The summed E-state index contributed by atoms with van der Waals surface area (Å²) >= 11 is 0. The van der Waals surface area contributed by atoms with Gasteiger partial charge in [0.1, 0.15) is 12.2 Å². The van der Waals surface area contributed by atoms with E-state index in [9.17, 15) is 0 Å². The van der Waals surface area contributed by atoms with E-state index in [1.165, 1.54) is 6.42 Å². The Morgan fingerprint density at radius 1 is 1.32 bits per heavy atom. The van der Waals surface area contributed by atoms with Gasteiger partial charge in [0, 0.05) is 51.7 Å². The highest BCUT2D eigenvalue weighted by Crippen LogP contribution is 2.17. The van der Waals surface area contributed by atoms with Crippen LogP contribution in [0.3, 0.4) is 0 Å². The molecule has 7 nitrogen and oxygen atoms in total. The molecule has 0 aromatic carbocycles. The fourth-order valence-corrected chi connectivity index (χ4v) is 3.45. The summed E-state index contributed by atoms with van der Waals surface area (Å²) in [5.41, 5.74) is 0. The van der Waals surface area contributed by atoms with Crippen molar-refractivity contribution >= 4 is 29.9 Å². The third-order valence-corrected chi connectivity index (χ3v) is 4.78. The van der Waals surface area contributed by atoms with E-state index in [0.717, 1.165) is 64.0 Å². The van der Waals surface area contributed by atoms with Gasteiger partial charge in [-0.25, -0.2) is 0 Å². The summed E-state index contributed by atoms with van der Waals surface area (Å²) in [5, 5.41) is 11.6. The number of rotatable bonds is 6. The van der Waals surface area contributed by atoms with E-state index in [4.69, 9.17) is 4.99 Å². The summed E-state index contributed by atoms with van der Waals surface area (Å²) < 4.78 is 2.09. The maximum Gasteiger partial charge on any atom is 0.194 e. The highest BCUT2D eigenvalue weighted by Gasteiger charge is 2.29. The number of aryl methyl sites for hydroxylation is 1. The van der Waals surface area contributed by atoms with Crippen molar-refractivity contribution in [3.05, 3.63) is 24.3 Å². The van der Waals surface area contributed by atoms with Crippen molar-refractivity contribution in [1.29, 1.82) is 0 Å². The van der Waals surface area contributed by atoms with Gasteiger partial charge in [0.25, 0.3) is 0 Å². The van der Waals surface area contributed by atoms with E-state index < -0.39 is 0 Å². The van der Waals surface area contributed by atoms with Gasteiger partial charge in [-0.2, -0.15) is 0 Å². The van der Waals surface area contributed by atoms with Gasteiger partial charge >= 0.3 is 0 Å². The standard InChI is InChI=1S/C17H29N7.HI/c1-3-16-21-20-14-24(16)12-8-19-17(18-4-2)23-11-7-15(13-23)22-9-5-6-10-22;/h5-6,14-15H,3-4,7-13H2,1-2H3,(H,18,19);1H. The van der Waals surface area contributed by atoms with Crippen LogP contribution in [0.25, 0.3) is 0 Å². The molecular weight excluding hydrogens is 429 g/mol. The lowest BCUT2D eigenvalue weighted by Gasteiger charge is -2.25. The Morgan fingerprint density at radius 3 is 2.84 bits per heavy atom. The molecule has 0 aliphatic carbocycles. The van der Waals surface area contributed by atoms with E-state index in [1.807, 2.05) is 0 Å². The molecule has 8 heteroatoms. The van der Waals surface area contributed by atoms with Crippen molar-refractivity contribution in [2.24, 2.45) is 4.99 Å². The maximum absolute atomic E-state index is 4.83. The molecule has 0 spiro atoms. The molecule has 140 valence electrons. The lowest BCUT2D eigenvalue weighted by atomic mass is 10.2. The Kier molecular flexibility index (Phi) is 8.14. The molecule has 1 atom stereocenters. The van der Waals surface area contributed by atoms with Gasteiger partial charge in [-0.15, -0.1) is 34.2 Å². The number of nitrogens with one attached hydrogen (secondary N) is 1. The lowest BCUT2D eigenvalue weighted by molar-refractivity contribution is 0.259. The fraction of sp³-hybridized carbons (Fsp3) is 0.706. The van der Waals surface area contributed by atoms with Gasteiger partial charge in [0.2, 0.25) is 0 Å². The van der Waals surface area contributed by atoms with Crippen molar-refractivity contribution in [2.45, 2.75) is 39.3 Å². The molecule has 0 bridgehead atoms. The highest BCUT2D eigenvalue weighted by atomic mass is 127. The topological polar surface area (TPSA) is 61.6 Å². The van der Waals surface area contributed by atoms with Crippen LogP contribution >= 0.6 is 24.0 Å². The average Bonchev–Trinajstić information content (AvgIpc) is 3.33. The average molecular weight is 459 g/mol. The predicted octanol–water partition coefficient (Wildman–Crippen LogP) is 1.37. The number of aromatic nitrogens is 3. The second-order valence-electron chi connectivity index (χ2n) is 6.34. The zero-order valence-electron chi connectivity index (χ0n) is 15.3. The summed E-state index contributed by atoms with van der Waals surface area (Å²) in [5.74, 6) is 2.07. The monoisotopic (exact) mass is 459 g/mol. The Hall–Kier alpha value is -1.16. The van der Waals surface area contributed by atoms with Crippen LogP contribution in [-0.2, 0) is 13.0 Å². The van der Waals surface area contributed by atoms with Crippen LogP contribution in [0.2, 0.25) is 0 Å². The van der Waals surface area contributed by atoms with Gasteiger partial charge < -0.3 is 14.8 Å². The first-order chi connectivity index (χ1) is 11.8. The summed E-state index contributed by atoms with van der Waals surface area (Å²) in [6, 6.07) is 0.647. The number of halogens is 1. The van der Waals surface area contributed by atoms with Crippen LogP contribution in [0.4, 0.5) is 0 Å². The van der Waals surface area contributed by atoms with E-state index in [0.29, 0.717) is 6.04 Å². The van der Waals surface area contributed by atoms with E-state index in [2.05, 4.69) is 55.9 Å². The smallest absolute Gasteiger partial charge is 0.194 e. The molecule has 2 aliphatic heterocycles. The Bertz CT molecular complexity index is 575. The van der Waals surface area contributed by atoms with Crippen LogP contribution in [0.5, 0.6) is 0 Å². The Balaban J connectivity index is 0.00000225. The van der Waals surface area contributed by atoms with Crippen molar-refractivity contribution in [3.63, 3.8) is 0 Å². The van der Waals surface area contributed by atoms with E-state index >= 15 is 0 Å². The molecule has 1 unspecified atom stereocenters. The molecule has 2 aliphatic rings. The summed E-state index contributed by atoms with van der Waals surface area (Å²) in [6.07, 6.45) is 8.46. The SMILES string of the molecule is CCNC(=NCCn1cnnc1CC)N1CCC(N2CC=CC2)C1.I. The molecule has 1 saturated heterocycles. The number of hydrogen-bond donors (Lipinski definition) is 1. The molecule has 1 fully saturated rings. The van der Waals surface area contributed by atoms with E-state index in [-0.39, 0.29) is 24.0 Å². The minimum absolute atomic E-state index is 0. The van der Waals surface area contributed by atoms with Crippen LogP contribution in [-0.4, -0.2) is 75.8 Å². The highest BCUT2D eigenvalue weighted by molar-refractivity contribution is 14.0. The molecule has 1 aromatic heterocycles. The minimum atomic E-state index is 0.